The molecule has 0 saturated carbocycles. The van der Waals surface area contributed by atoms with Crippen LogP contribution < -0.4 is 0 Å². The van der Waals surface area contributed by atoms with E-state index in [-0.39, 0.29) is 0 Å². The number of alkyl halides is 15. The topological polar surface area (TPSA) is 0 Å². The third-order valence-electron chi connectivity index (χ3n) is 2.50. The molecule has 0 N–H and O–H groups in total. The number of hydrogen-bond acceptors (Lipinski definition) is 0. The van der Waals surface area contributed by atoms with Crippen molar-refractivity contribution in [2.24, 2.45) is 0 Å². The predicted molar refractivity (Wildman–Crippen MR) is 41.0 cm³/mol. The summed E-state index contributed by atoms with van der Waals surface area (Å²) in [6.07, 6.45) is -24.8. The molecule has 18 heteroatoms. The van der Waals surface area contributed by atoms with Gasteiger partial charge in [0.2, 0.25) is 0 Å². The summed E-state index contributed by atoms with van der Waals surface area (Å²) in [6, 6.07) is 0. The molecule has 0 fully saturated rings. The van der Waals surface area contributed by atoms with Crippen molar-refractivity contribution in [3.8, 4) is 0 Å². The van der Waals surface area contributed by atoms with Crippen molar-refractivity contribution in [3.05, 3.63) is 0 Å². The fourth-order valence-electron chi connectivity index (χ4n) is 1.20. The Balaban J connectivity index is 7.41. The molecule has 0 aromatic carbocycles. The minimum atomic E-state index is -13.5. The van der Waals surface area contributed by atoms with E-state index in [1.165, 1.54) is 0 Å². The average Bonchev–Trinajstić information content (AvgIpc) is 2.23. The standard InChI is InChI=1S/C6AsF17/c8-1(9,4(14,15)16)7(23,24,2(10,11)5(17,18)19)3(12,13)6(20,21)22. The first kappa shape index (κ1) is 23.4. The molecule has 0 aromatic rings. The Bertz CT molecular complexity index is 415. The maximum atomic E-state index is 13.4. The molecule has 0 rings (SSSR count). The summed E-state index contributed by atoms with van der Waals surface area (Å²) >= 11 is -13.5. The molecule has 0 aliphatic rings. The number of rotatable bonds is 3. The zero-order chi connectivity index (χ0) is 20.4. The summed E-state index contributed by atoms with van der Waals surface area (Å²) in [6.45, 7) is 0. The summed E-state index contributed by atoms with van der Waals surface area (Å²) < 4.78 is 182. The van der Waals surface area contributed by atoms with Crippen molar-refractivity contribution in [1.82, 2.24) is 0 Å². The fraction of sp³-hybridized carbons (Fsp3) is 1.00. The second-order valence-corrected chi connectivity index (χ2v) is 11.4. The second kappa shape index (κ2) is 4.96. The van der Waals surface area contributed by atoms with E-state index in [0.717, 1.165) is 0 Å². The van der Waals surface area contributed by atoms with Gasteiger partial charge in [0.1, 0.15) is 0 Å². The van der Waals surface area contributed by atoms with Crippen molar-refractivity contribution in [2.45, 2.75) is 32.7 Å². The van der Waals surface area contributed by atoms with Gasteiger partial charge in [-0.15, -0.1) is 0 Å². The molecule has 0 aliphatic heterocycles. The molecule has 0 spiro atoms. The van der Waals surface area contributed by atoms with Gasteiger partial charge in [0.25, 0.3) is 0 Å². The Hall–Kier alpha value is -0.632. The fourth-order valence-corrected chi connectivity index (χ4v) is 6.22. The van der Waals surface area contributed by atoms with Crippen LogP contribution in [0, 0.1) is 0 Å². The van der Waals surface area contributed by atoms with E-state index in [1.807, 2.05) is 0 Å². The Morgan fingerprint density at radius 2 is 0.458 bits per heavy atom. The van der Waals surface area contributed by atoms with Crippen molar-refractivity contribution in [1.29, 1.82) is 0 Å². The molecule has 148 valence electrons. The third kappa shape index (κ3) is 2.28. The van der Waals surface area contributed by atoms with Crippen LogP contribution in [0.1, 0.15) is 0 Å². The molecule has 0 aromatic heterocycles. The summed E-state index contributed by atoms with van der Waals surface area (Å²) in [5.74, 6) is 0. The second-order valence-electron chi connectivity index (χ2n) is 4.02. The first-order valence-corrected chi connectivity index (χ1v) is 8.83. The monoisotopic (exact) mass is 470 g/mol. The van der Waals surface area contributed by atoms with Crippen LogP contribution in [0.5, 0.6) is 0 Å². The molecule has 0 unspecified atom stereocenters. The van der Waals surface area contributed by atoms with E-state index in [9.17, 15) is 72.8 Å². The quantitative estimate of drug-likeness (QED) is 0.376. The molecule has 0 bridgehead atoms. The molecule has 0 nitrogen and oxygen atoms in total. The van der Waals surface area contributed by atoms with Gasteiger partial charge >= 0.3 is 119 Å². The molecular formula is C6AsF17. The Morgan fingerprint density at radius 1 is 0.333 bits per heavy atom. The predicted octanol–water partition coefficient (Wildman–Crippen LogP) is 5.53. The molecule has 24 heavy (non-hydrogen) atoms. The molecule has 0 heterocycles. The van der Waals surface area contributed by atoms with Gasteiger partial charge in [0, 0.05) is 0 Å². The Kier molecular flexibility index (Phi) is 4.83. The van der Waals surface area contributed by atoms with Gasteiger partial charge in [0.15, 0.2) is 0 Å². The first-order chi connectivity index (χ1) is 9.82. The van der Waals surface area contributed by atoms with Crippen molar-refractivity contribution in [3.63, 3.8) is 0 Å². The van der Waals surface area contributed by atoms with Crippen LogP contribution in [-0.2, 0) is 0 Å². The van der Waals surface area contributed by atoms with Gasteiger partial charge in [-0.2, -0.15) is 0 Å². The van der Waals surface area contributed by atoms with E-state index in [0.29, 0.717) is 0 Å². The van der Waals surface area contributed by atoms with Gasteiger partial charge in [-0.25, -0.2) is 0 Å². The zero-order valence-corrected chi connectivity index (χ0v) is 11.7. The summed E-state index contributed by atoms with van der Waals surface area (Å²) in [7, 11) is 0. The average molecular weight is 470 g/mol. The van der Waals surface area contributed by atoms with Crippen molar-refractivity contribution in [2.75, 3.05) is 0 Å². The van der Waals surface area contributed by atoms with Crippen LogP contribution in [0.25, 0.3) is 0 Å². The van der Waals surface area contributed by atoms with Gasteiger partial charge < -0.3 is 0 Å². The third-order valence-corrected chi connectivity index (χ3v) is 10.3. The summed E-state index contributed by atoms with van der Waals surface area (Å²) in [4.78, 5) is 0. The van der Waals surface area contributed by atoms with Gasteiger partial charge in [-0.3, -0.25) is 0 Å². The summed E-state index contributed by atoms with van der Waals surface area (Å²) in [5.41, 5.74) is 0. The van der Waals surface area contributed by atoms with Crippen molar-refractivity contribution >= 4 is 13.4 Å². The van der Waals surface area contributed by atoms with Crippen molar-refractivity contribution < 1.29 is 72.8 Å². The van der Waals surface area contributed by atoms with Gasteiger partial charge in [0.05, 0.1) is 0 Å². The van der Waals surface area contributed by atoms with E-state index in [2.05, 4.69) is 0 Å². The summed E-state index contributed by atoms with van der Waals surface area (Å²) in [5, 5.41) is 0. The van der Waals surface area contributed by atoms with Crippen LogP contribution in [-0.4, -0.2) is 46.1 Å². The van der Waals surface area contributed by atoms with Crippen LogP contribution in [0.3, 0.4) is 0 Å². The zero-order valence-electron chi connectivity index (χ0n) is 9.87. The van der Waals surface area contributed by atoms with E-state index in [4.69, 9.17) is 0 Å². The van der Waals surface area contributed by atoms with E-state index in [1.54, 1.807) is 0 Å². The van der Waals surface area contributed by atoms with Crippen LogP contribution in [0.2, 0.25) is 0 Å². The van der Waals surface area contributed by atoms with E-state index >= 15 is 0 Å². The van der Waals surface area contributed by atoms with Gasteiger partial charge in [-0.05, 0) is 0 Å². The van der Waals surface area contributed by atoms with E-state index < -0.39 is 46.1 Å². The minimum absolute atomic E-state index is 8.27. The Morgan fingerprint density at radius 3 is 0.542 bits per heavy atom. The molecular weight excluding hydrogens is 470 g/mol. The molecule has 0 radical (unpaired) electrons. The van der Waals surface area contributed by atoms with Crippen LogP contribution >= 0.6 is 0 Å². The molecule has 0 amide bonds. The number of halogens is 17. The molecule has 0 saturated heterocycles. The van der Waals surface area contributed by atoms with Crippen LogP contribution in [0.4, 0.5) is 72.8 Å². The molecule has 0 aliphatic carbocycles. The Labute approximate surface area is 120 Å². The first-order valence-electron chi connectivity index (χ1n) is 4.59. The number of hydrogen-bond donors (Lipinski definition) is 0. The van der Waals surface area contributed by atoms with Gasteiger partial charge in [-0.1, -0.05) is 0 Å². The molecule has 0 atom stereocenters. The SMILES string of the molecule is FC(F)(F)C(F)(F)[As](F)(F)(C(F)(F)C(F)(F)F)C(F)(F)C(F)(F)F. The maximum absolute atomic E-state index is 13.5. The normalized spacial score (nSPS) is 18.3. The van der Waals surface area contributed by atoms with Crippen LogP contribution in [0.15, 0.2) is 0 Å².